The summed E-state index contributed by atoms with van der Waals surface area (Å²) in [5.74, 6) is 0.628. The summed E-state index contributed by atoms with van der Waals surface area (Å²) in [6.07, 6.45) is 2.04. The van der Waals surface area contributed by atoms with E-state index in [1.165, 1.54) is 12.2 Å². The molecule has 5 fully saturated rings. The minimum absolute atomic E-state index is 0.00749. The zero-order chi connectivity index (χ0) is 25.6. The fourth-order valence-electron chi connectivity index (χ4n) is 8.95. The quantitative estimate of drug-likeness (QED) is 0.628. The fraction of sp³-hybridized carbons (Fsp3) is 0.690. The molecular formula is C29H36N2O6. The van der Waals surface area contributed by atoms with Gasteiger partial charge in [-0.1, -0.05) is 32.0 Å². The van der Waals surface area contributed by atoms with Gasteiger partial charge >= 0.3 is 5.97 Å². The van der Waals surface area contributed by atoms with Crippen molar-refractivity contribution in [2.24, 2.45) is 46.4 Å². The Balaban J connectivity index is 1.19. The number of rotatable bonds is 4. The van der Waals surface area contributed by atoms with E-state index >= 15 is 0 Å². The van der Waals surface area contributed by atoms with Gasteiger partial charge in [-0.05, 0) is 49.1 Å². The van der Waals surface area contributed by atoms with E-state index in [2.05, 4.69) is 13.8 Å². The summed E-state index contributed by atoms with van der Waals surface area (Å²) in [5, 5.41) is 12.2. The highest BCUT2D eigenvalue weighted by atomic mass is 16.7. The van der Waals surface area contributed by atoms with Crippen LogP contribution in [0.15, 0.2) is 29.3 Å². The number of aliphatic imine (C=N–C) groups is 1. The Labute approximate surface area is 217 Å². The van der Waals surface area contributed by atoms with Crippen LogP contribution < -0.4 is 5.06 Å². The van der Waals surface area contributed by atoms with Gasteiger partial charge in [0, 0.05) is 29.4 Å². The normalized spacial score (nSPS) is 44.5. The standard InChI is InChI=1S/C29H36N2O6/c1-14-9-23(32)25-17(27(33)37-12-18(14)25)8-15(2)26-16-10-24-29(11-21(30-26)19(16)13-36-24)20-6-4-5-7-22(20)31(35-3)28(29)34/h4-7,14-19,21,23-25,32H,8-13H2,1-3H3/t14-,15+,16-,17+,18+,19-,21-,23-,24+,25+,29-/m0/s1. The SMILES string of the molecule is CON1C(=O)[C@@]2(C[C@@H]3N=C([C@H](C)C[C@H]4C(=O)OC[C@H]5[C@@H]4[C@@H](O)C[C@@H]5C)[C@H]4C[C@H]2OC[C@H]34)c2ccccc21. The molecule has 5 aliphatic heterocycles. The second-order valence-corrected chi connectivity index (χ2v) is 12.3. The number of para-hydroxylation sites is 1. The van der Waals surface area contributed by atoms with Gasteiger partial charge in [-0.25, -0.2) is 0 Å². The number of hydrogen-bond acceptors (Lipinski definition) is 7. The first-order chi connectivity index (χ1) is 17.8. The molecular weight excluding hydrogens is 472 g/mol. The Morgan fingerprint density at radius 3 is 2.84 bits per heavy atom. The zero-order valence-corrected chi connectivity index (χ0v) is 21.7. The monoisotopic (exact) mass is 508 g/mol. The van der Waals surface area contributed by atoms with Crippen molar-refractivity contribution in [1.29, 1.82) is 0 Å². The number of aliphatic hydroxyl groups is 1. The number of esters is 1. The number of aliphatic hydroxyl groups excluding tert-OH is 1. The third-order valence-electron chi connectivity index (χ3n) is 10.7. The molecule has 0 unspecified atom stereocenters. The smallest absolute Gasteiger partial charge is 0.309 e. The van der Waals surface area contributed by atoms with E-state index in [-0.39, 0.29) is 59.5 Å². The van der Waals surface area contributed by atoms with Crippen LogP contribution in [0.3, 0.4) is 0 Å². The second-order valence-electron chi connectivity index (χ2n) is 12.3. The van der Waals surface area contributed by atoms with E-state index in [1.807, 2.05) is 24.3 Å². The number of cyclic esters (lactones) is 1. The molecule has 37 heavy (non-hydrogen) atoms. The number of carbonyl (C=O) groups is 2. The molecule has 4 bridgehead atoms. The summed E-state index contributed by atoms with van der Waals surface area (Å²) in [4.78, 5) is 37.6. The van der Waals surface area contributed by atoms with Crippen LogP contribution in [0.25, 0.3) is 0 Å². The number of hydrogen-bond donors (Lipinski definition) is 1. The van der Waals surface area contributed by atoms with E-state index < -0.39 is 11.5 Å². The Bertz CT molecular complexity index is 1170. The first-order valence-corrected chi connectivity index (χ1v) is 13.9. The molecule has 2 saturated carbocycles. The number of hydroxylamine groups is 1. The summed E-state index contributed by atoms with van der Waals surface area (Å²) < 4.78 is 12.0. The molecule has 1 aromatic rings. The predicted molar refractivity (Wildman–Crippen MR) is 135 cm³/mol. The van der Waals surface area contributed by atoms with Gasteiger partial charge in [0.2, 0.25) is 0 Å². The highest BCUT2D eigenvalue weighted by molar-refractivity contribution is 6.07. The number of ether oxygens (including phenoxy) is 2. The predicted octanol–water partition coefficient (Wildman–Crippen LogP) is 2.91. The minimum atomic E-state index is -0.788. The lowest BCUT2D eigenvalue weighted by atomic mass is 9.70. The summed E-state index contributed by atoms with van der Waals surface area (Å²) in [7, 11) is 1.54. The topological polar surface area (TPSA) is 97.7 Å². The van der Waals surface area contributed by atoms with Crippen molar-refractivity contribution in [3.8, 4) is 0 Å². The van der Waals surface area contributed by atoms with Gasteiger partial charge in [0.1, 0.15) is 5.41 Å². The number of nitrogens with zero attached hydrogens (tertiary/aromatic N) is 2. The Hall–Kier alpha value is -2.29. The average molecular weight is 509 g/mol. The highest BCUT2D eigenvalue weighted by Crippen LogP contribution is 2.57. The number of benzene rings is 1. The molecule has 2 aliphatic carbocycles. The van der Waals surface area contributed by atoms with Gasteiger partial charge in [0.05, 0.1) is 50.2 Å². The number of amides is 1. The Morgan fingerprint density at radius 2 is 2.03 bits per heavy atom. The summed E-state index contributed by atoms with van der Waals surface area (Å²) in [6, 6.07) is 7.88. The lowest BCUT2D eigenvalue weighted by Crippen LogP contribution is -2.51. The van der Waals surface area contributed by atoms with Crippen molar-refractivity contribution in [2.75, 3.05) is 25.4 Å². The molecule has 5 heterocycles. The molecule has 8 rings (SSSR count). The summed E-state index contributed by atoms with van der Waals surface area (Å²) in [6.45, 7) is 5.34. The maximum atomic E-state index is 13.9. The first kappa shape index (κ1) is 23.8. The van der Waals surface area contributed by atoms with Crippen molar-refractivity contribution in [3.63, 3.8) is 0 Å². The molecule has 1 N–H and O–H groups in total. The molecule has 7 aliphatic rings. The van der Waals surface area contributed by atoms with Crippen molar-refractivity contribution >= 4 is 23.3 Å². The van der Waals surface area contributed by atoms with Crippen LogP contribution in [0.2, 0.25) is 0 Å². The number of anilines is 1. The summed E-state index contributed by atoms with van der Waals surface area (Å²) in [5.41, 5.74) is 2.15. The van der Waals surface area contributed by atoms with E-state index in [0.717, 1.165) is 29.8 Å². The molecule has 0 radical (unpaired) electrons. The van der Waals surface area contributed by atoms with Crippen molar-refractivity contribution in [2.45, 2.75) is 63.2 Å². The zero-order valence-electron chi connectivity index (χ0n) is 21.7. The maximum Gasteiger partial charge on any atom is 0.309 e. The van der Waals surface area contributed by atoms with Gasteiger partial charge in [0.15, 0.2) is 0 Å². The van der Waals surface area contributed by atoms with E-state index in [1.54, 1.807) is 0 Å². The van der Waals surface area contributed by atoms with Gasteiger partial charge < -0.3 is 14.6 Å². The lowest BCUT2D eigenvalue weighted by Gasteiger charge is -2.40. The van der Waals surface area contributed by atoms with E-state index in [0.29, 0.717) is 32.0 Å². The molecule has 11 atom stereocenters. The first-order valence-electron chi connectivity index (χ1n) is 13.9. The van der Waals surface area contributed by atoms with E-state index in [4.69, 9.17) is 19.3 Å². The molecule has 8 nitrogen and oxygen atoms in total. The number of carbonyl (C=O) groups excluding carboxylic acids is 2. The van der Waals surface area contributed by atoms with E-state index in [9.17, 15) is 14.7 Å². The largest absolute Gasteiger partial charge is 0.465 e. The minimum Gasteiger partial charge on any atom is -0.465 e. The lowest BCUT2D eigenvalue weighted by molar-refractivity contribution is -0.164. The van der Waals surface area contributed by atoms with Crippen LogP contribution in [0.5, 0.6) is 0 Å². The summed E-state index contributed by atoms with van der Waals surface area (Å²) >= 11 is 0. The van der Waals surface area contributed by atoms with Crippen molar-refractivity contribution in [1.82, 2.24) is 0 Å². The third kappa shape index (κ3) is 3.15. The van der Waals surface area contributed by atoms with Crippen LogP contribution in [0.1, 0.15) is 45.1 Å². The van der Waals surface area contributed by atoms with Crippen LogP contribution in [0, 0.1) is 41.4 Å². The van der Waals surface area contributed by atoms with Gasteiger partial charge in [-0.2, -0.15) is 5.06 Å². The van der Waals surface area contributed by atoms with Crippen LogP contribution in [-0.2, 0) is 29.3 Å². The molecule has 1 aromatic carbocycles. The van der Waals surface area contributed by atoms with Gasteiger partial charge in [-0.3, -0.25) is 19.4 Å². The van der Waals surface area contributed by atoms with Gasteiger partial charge in [0.25, 0.3) is 5.91 Å². The number of fused-ring (bicyclic) bond motifs is 3. The van der Waals surface area contributed by atoms with Crippen molar-refractivity contribution < 1.29 is 29.0 Å². The molecule has 198 valence electrons. The Morgan fingerprint density at radius 1 is 1.22 bits per heavy atom. The molecule has 0 aromatic heterocycles. The van der Waals surface area contributed by atoms with Crippen LogP contribution >= 0.6 is 0 Å². The third-order valence-corrected chi connectivity index (χ3v) is 10.7. The second kappa shape index (κ2) is 8.35. The van der Waals surface area contributed by atoms with Gasteiger partial charge in [-0.15, -0.1) is 0 Å². The van der Waals surface area contributed by atoms with Crippen molar-refractivity contribution in [3.05, 3.63) is 29.8 Å². The maximum absolute atomic E-state index is 13.9. The fourth-order valence-corrected chi connectivity index (χ4v) is 8.95. The molecule has 1 spiro atoms. The molecule has 8 heteroatoms. The average Bonchev–Trinajstić information content (AvgIpc) is 3.39. The van der Waals surface area contributed by atoms with Crippen LogP contribution in [-0.4, -0.2) is 61.3 Å². The molecule has 3 saturated heterocycles. The Kier molecular flexibility index (Phi) is 5.37. The molecule has 1 amide bonds. The van der Waals surface area contributed by atoms with Crippen LogP contribution in [0.4, 0.5) is 5.69 Å². The highest BCUT2D eigenvalue weighted by Gasteiger charge is 2.64.